The molecule has 8 heteroatoms. The number of carbonyl (C=O) groups excluding carboxylic acids is 3. The molecule has 2 atom stereocenters. The molecule has 7 nitrogen and oxygen atoms in total. The Balaban J connectivity index is 3.08. The second-order valence-electron chi connectivity index (χ2n) is 8.95. The van der Waals surface area contributed by atoms with Gasteiger partial charge in [0, 0.05) is 24.3 Å². The van der Waals surface area contributed by atoms with Crippen molar-refractivity contribution in [1.82, 2.24) is 10.6 Å². The normalized spacial score (nSPS) is 13.9. The molecule has 0 saturated carbocycles. The van der Waals surface area contributed by atoms with Crippen molar-refractivity contribution >= 4 is 32.7 Å². The number of hydrogen-bond donors (Lipinski definition) is 2. The second kappa shape index (κ2) is 10.6. The smallest absolute Gasteiger partial charge is 0.408 e. The Kier molecular flexibility index (Phi) is 9.09. The van der Waals surface area contributed by atoms with Crippen molar-refractivity contribution in [3.63, 3.8) is 0 Å². The summed E-state index contributed by atoms with van der Waals surface area (Å²) in [5.74, 6) is -1.15. The van der Waals surface area contributed by atoms with E-state index in [9.17, 15) is 18.6 Å². The zero-order valence-electron chi connectivity index (χ0n) is 18.9. The van der Waals surface area contributed by atoms with Crippen LogP contribution in [-0.4, -0.2) is 57.6 Å². The highest BCUT2D eigenvalue weighted by atomic mass is 32.2. The molecule has 0 radical (unpaired) electrons. The van der Waals surface area contributed by atoms with Crippen LogP contribution in [0.4, 0.5) is 4.79 Å². The minimum absolute atomic E-state index is 0.224. The molecule has 0 bridgehead atoms. The van der Waals surface area contributed by atoms with E-state index in [-0.39, 0.29) is 12.3 Å². The van der Waals surface area contributed by atoms with Crippen LogP contribution < -0.4 is 10.6 Å². The van der Waals surface area contributed by atoms with Crippen molar-refractivity contribution in [2.45, 2.75) is 58.7 Å². The molecule has 30 heavy (non-hydrogen) atoms. The predicted octanol–water partition coefficient (Wildman–Crippen LogP) is 2.18. The molecular weight excluding hydrogens is 404 g/mol. The Bertz CT molecular complexity index is 857. The fourth-order valence-electron chi connectivity index (χ4n) is 2.68. The maximum atomic E-state index is 13.0. The van der Waals surface area contributed by atoms with Gasteiger partial charge < -0.3 is 15.4 Å². The van der Waals surface area contributed by atoms with E-state index in [1.807, 2.05) is 30.3 Å². The summed E-state index contributed by atoms with van der Waals surface area (Å²) >= 11 is 0. The van der Waals surface area contributed by atoms with Gasteiger partial charge in [-0.25, -0.2) is 4.79 Å². The number of ether oxygens (including phenoxy) is 1. The Morgan fingerprint density at radius 2 is 1.63 bits per heavy atom. The van der Waals surface area contributed by atoms with E-state index in [0.717, 1.165) is 10.9 Å². The number of ketones is 1. The van der Waals surface area contributed by atoms with Gasteiger partial charge >= 0.3 is 6.09 Å². The molecule has 2 amide bonds. The second-order valence-corrected chi connectivity index (χ2v) is 11.8. The van der Waals surface area contributed by atoms with Crippen molar-refractivity contribution in [2.75, 3.05) is 12.5 Å². The van der Waals surface area contributed by atoms with Gasteiger partial charge in [-0.15, -0.1) is 0 Å². The molecule has 0 heterocycles. The summed E-state index contributed by atoms with van der Waals surface area (Å²) in [4.78, 5) is 37.9. The first-order chi connectivity index (χ1) is 13.7. The molecule has 0 fully saturated rings. The minimum atomic E-state index is -2.41. The maximum absolute atomic E-state index is 13.0. The highest BCUT2D eigenvalue weighted by molar-refractivity contribution is 8.01. The molecule has 1 aromatic carbocycles. The average molecular weight is 439 g/mol. The first-order valence-electron chi connectivity index (χ1n) is 9.84. The van der Waals surface area contributed by atoms with Gasteiger partial charge in [0.1, 0.15) is 11.6 Å². The molecule has 0 spiro atoms. The quantitative estimate of drug-likeness (QED) is 0.606. The SMILES string of the molecule is CC(C)[C@H](NC(=O)[C@H](Cc1ccccc1)NC(=O)OC(C)(C)C)C(=O)C=S(C)(C)=O. The number of benzene rings is 1. The summed E-state index contributed by atoms with van der Waals surface area (Å²) in [5.41, 5.74) is 0.129. The number of amides is 2. The van der Waals surface area contributed by atoms with Gasteiger partial charge in [0.25, 0.3) is 0 Å². The van der Waals surface area contributed by atoms with Gasteiger partial charge in [-0.2, -0.15) is 0 Å². The molecule has 1 aromatic rings. The predicted molar refractivity (Wildman–Crippen MR) is 121 cm³/mol. The lowest BCUT2D eigenvalue weighted by Crippen LogP contribution is -2.54. The Morgan fingerprint density at radius 3 is 2.10 bits per heavy atom. The van der Waals surface area contributed by atoms with E-state index >= 15 is 0 Å². The monoisotopic (exact) mass is 438 g/mol. The number of alkyl carbamates (subject to hydrolysis) is 1. The van der Waals surface area contributed by atoms with E-state index in [2.05, 4.69) is 10.6 Å². The third-order valence-corrected chi connectivity index (χ3v) is 4.76. The van der Waals surface area contributed by atoms with Crippen LogP contribution in [0.25, 0.3) is 0 Å². The summed E-state index contributed by atoms with van der Waals surface area (Å²) < 4.78 is 17.3. The van der Waals surface area contributed by atoms with Gasteiger partial charge in [-0.1, -0.05) is 44.2 Å². The summed E-state index contributed by atoms with van der Waals surface area (Å²) in [6.07, 6.45) is 2.44. The lowest BCUT2D eigenvalue weighted by atomic mass is 9.99. The van der Waals surface area contributed by atoms with E-state index < -0.39 is 45.0 Å². The number of hydrogen-bond acceptors (Lipinski definition) is 5. The number of nitrogens with one attached hydrogen (secondary N) is 2. The highest BCUT2D eigenvalue weighted by Crippen LogP contribution is 2.10. The molecule has 0 aliphatic carbocycles. The molecule has 0 aromatic heterocycles. The zero-order chi connectivity index (χ0) is 23.1. The molecule has 0 unspecified atom stereocenters. The number of carbonyl (C=O) groups is 3. The first-order valence-corrected chi connectivity index (χ1v) is 12.3. The minimum Gasteiger partial charge on any atom is -0.444 e. The van der Waals surface area contributed by atoms with E-state index in [1.54, 1.807) is 34.6 Å². The van der Waals surface area contributed by atoms with Crippen LogP contribution in [0.15, 0.2) is 30.3 Å². The topological polar surface area (TPSA) is 102 Å². The summed E-state index contributed by atoms with van der Waals surface area (Å²) in [6.45, 7) is 8.77. The van der Waals surface area contributed by atoms with Gasteiger partial charge in [-0.3, -0.25) is 13.8 Å². The lowest BCUT2D eigenvalue weighted by Gasteiger charge is -2.26. The van der Waals surface area contributed by atoms with Crippen LogP contribution in [0.1, 0.15) is 40.2 Å². The molecule has 0 saturated heterocycles. The average Bonchev–Trinajstić information content (AvgIpc) is 2.56. The van der Waals surface area contributed by atoms with Crippen molar-refractivity contribution in [3.8, 4) is 0 Å². The summed E-state index contributed by atoms with van der Waals surface area (Å²) in [5, 5.41) is 6.47. The lowest BCUT2D eigenvalue weighted by molar-refractivity contribution is -0.127. The van der Waals surface area contributed by atoms with Crippen LogP contribution in [0, 0.1) is 5.92 Å². The van der Waals surface area contributed by atoms with Gasteiger partial charge in [0.2, 0.25) is 5.91 Å². The van der Waals surface area contributed by atoms with Crippen molar-refractivity contribution in [3.05, 3.63) is 35.9 Å². The van der Waals surface area contributed by atoms with E-state index in [1.165, 1.54) is 12.5 Å². The first kappa shape index (κ1) is 25.7. The number of Topliss-reactive ketones (excluding diaryl/α,β-unsaturated/α-hetero) is 1. The number of rotatable bonds is 8. The van der Waals surface area contributed by atoms with E-state index in [0.29, 0.717) is 0 Å². The maximum Gasteiger partial charge on any atom is 0.408 e. The fourth-order valence-corrected chi connectivity index (χ4v) is 3.39. The molecule has 2 N–H and O–H groups in total. The third kappa shape index (κ3) is 9.91. The van der Waals surface area contributed by atoms with Crippen molar-refractivity contribution < 1.29 is 23.3 Å². The van der Waals surface area contributed by atoms with Crippen molar-refractivity contribution in [1.29, 1.82) is 0 Å². The van der Waals surface area contributed by atoms with Crippen molar-refractivity contribution in [2.24, 2.45) is 5.92 Å². The highest BCUT2D eigenvalue weighted by Gasteiger charge is 2.29. The van der Waals surface area contributed by atoms with Gasteiger partial charge in [-0.05, 0) is 41.8 Å². The van der Waals surface area contributed by atoms with E-state index in [4.69, 9.17) is 4.74 Å². The molecule has 168 valence electrons. The van der Waals surface area contributed by atoms with Gasteiger partial charge in [0.15, 0.2) is 5.78 Å². The molecular formula is C22H34N2O5S. The third-order valence-electron chi connectivity index (χ3n) is 3.96. The van der Waals surface area contributed by atoms with Crippen LogP contribution in [0.5, 0.6) is 0 Å². The van der Waals surface area contributed by atoms with Crippen LogP contribution in [-0.2, 0) is 30.3 Å². The van der Waals surface area contributed by atoms with Crippen LogP contribution >= 0.6 is 0 Å². The standard InChI is InChI=1S/C22H34N2O5S/c1-15(2)19(18(25)14-30(6,7)28)24-20(26)17(13-16-11-9-8-10-12-16)23-21(27)29-22(3,4)5/h8-12,14-15,17,19H,13H2,1-7H3,(H,23,27)(H,24,26)/t17-,19-/m0/s1. The Morgan fingerprint density at radius 1 is 1.07 bits per heavy atom. The Labute approximate surface area is 180 Å². The molecule has 1 rings (SSSR count). The van der Waals surface area contributed by atoms with Gasteiger partial charge in [0.05, 0.1) is 6.04 Å². The summed E-state index contributed by atoms with van der Waals surface area (Å²) in [7, 11) is -2.41. The molecule has 0 aliphatic rings. The largest absolute Gasteiger partial charge is 0.444 e. The Hall–Kier alpha value is -2.35. The van der Waals surface area contributed by atoms with Crippen LogP contribution in [0.3, 0.4) is 0 Å². The summed E-state index contributed by atoms with van der Waals surface area (Å²) in [6, 6.07) is 7.44. The zero-order valence-corrected chi connectivity index (χ0v) is 19.7. The fraction of sp³-hybridized carbons (Fsp3) is 0.545. The molecule has 0 aliphatic heterocycles. The van der Waals surface area contributed by atoms with Crippen LogP contribution in [0.2, 0.25) is 0 Å².